The third kappa shape index (κ3) is 3.14. The largest absolute Gasteiger partial charge is 0.481 e. The Morgan fingerprint density at radius 3 is 2.85 bits per heavy atom. The molecule has 0 saturated heterocycles. The number of fused-ring (bicyclic) bond motifs is 2. The normalized spacial score (nSPS) is 22.0. The van der Waals surface area contributed by atoms with Gasteiger partial charge in [0.05, 0.1) is 12.0 Å². The van der Waals surface area contributed by atoms with Crippen molar-refractivity contribution in [3.8, 4) is 0 Å². The number of rotatable bonds is 5. The summed E-state index contributed by atoms with van der Waals surface area (Å²) in [7, 11) is -3.77. The van der Waals surface area contributed by atoms with Gasteiger partial charge in [0.2, 0.25) is 10.0 Å². The van der Waals surface area contributed by atoms with Crippen LogP contribution in [0.4, 0.5) is 0 Å². The van der Waals surface area contributed by atoms with Gasteiger partial charge in [-0.15, -0.1) is 0 Å². The van der Waals surface area contributed by atoms with Crippen LogP contribution in [0.2, 0.25) is 0 Å². The van der Waals surface area contributed by atoms with E-state index in [4.69, 9.17) is 4.52 Å². The van der Waals surface area contributed by atoms with Crippen molar-refractivity contribution in [2.24, 2.45) is 5.92 Å². The number of hydrogen-bond donors (Lipinski definition) is 2. The minimum Gasteiger partial charge on any atom is -0.481 e. The molecule has 0 bridgehead atoms. The summed E-state index contributed by atoms with van der Waals surface area (Å²) < 4.78 is 33.3. The molecule has 0 amide bonds. The Morgan fingerprint density at radius 2 is 2.04 bits per heavy atom. The standard InChI is InChI=1S/C18H20N2O5S/c21-18(22)14-9-11-5-1-2-6-12(11)17(14)20-26(23,24)10-15-13-7-3-4-8-16(13)25-19-15/h1-2,5-6,14,17,20H,3-4,7-10H2,(H,21,22)/t14-,17+/m1/s1. The highest BCUT2D eigenvalue weighted by molar-refractivity contribution is 7.88. The van der Waals surface area contributed by atoms with Gasteiger partial charge < -0.3 is 9.63 Å². The molecule has 0 fully saturated rings. The predicted octanol–water partition coefficient (Wildman–Crippen LogP) is 1.97. The lowest BCUT2D eigenvalue weighted by Gasteiger charge is -2.19. The van der Waals surface area contributed by atoms with E-state index < -0.39 is 28.0 Å². The van der Waals surface area contributed by atoms with Crippen LogP contribution in [-0.4, -0.2) is 24.7 Å². The molecule has 1 aromatic carbocycles. The Morgan fingerprint density at radius 1 is 1.27 bits per heavy atom. The summed E-state index contributed by atoms with van der Waals surface area (Å²) in [5.41, 5.74) is 2.92. The van der Waals surface area contributed by atoms with Crippen LogP contribution in [0, 0.1) is 5.92 Å². The first kappa shape index (κ1) is 17.2. The number of aryl methyl sites for hydroxylation is 1. The lowest BCUT2D eigenvalue weighted by molar-refractivity contribution is -0.142. The Balaban J connectivity index is 1.59. The predicted molar refractivity (Wildman–Crippen MR) is 92.9 cm³/mol. The molecule has 2 atom stereocenters. The van der Waals surface area contributed by atoms with Gasteiger partial charge in [-0.3, -0.25) is 4.79 Å². The smallest absolute Gasteiger partial charge is 0.308 e. The van der Waals surface area contributed by atoms with Gasteiger partial charge in [0.15, 0.2) is 0 Å². The highest BCUT2D eigenvalue weighted by atomic mass is 32.2. The number of nitrogens with zero attached hydrogens (tertiary/aromatic N) is 1. The van der Waals surface area contributed by atoms with Gasteiger partial charge >= 0.3 is 5.97 Å². The van der Waals surface area contributed by atoms with Crippen LogP contribution in [0.3, 0.4) is 0 Å². The summed E-state index contributed by atoms with van der Waals surface area (Å²) >= 11 is 0. The molecule has 2 N–H and O–H groups in total. The van der Waals surface area contributed by atoms with Crippen LogP contribution < -0.4 is 4.72 Å². The molecule has 0 radical (unpaired) electrons. The number of carboxylic acids is 1. The number of sulfonamides is 1. The fourth-order valence-electron chi connectivity index (χ4n) is 3.95. The maximum absolute atomic E-state index is 12.7. The molecule has 2 aliphatic rings. The van der Waals surface area contributed by atoms with E-state index in [-0.39, 0.29) is 5.75 Å². The van der Waals surface area contributed by atoms with E-state index in [1.165, 1.54) is 0 Å². The summed E-state index contributed by atoms with van der Waals surface area (Å²) in [4.78, 5) is 11.6. The first-order valence-electron chi connectivity index (χ1n) is 8.71. The summed E-state index contributed by atoms with van der Waals surface area (Å²) in [5.74, 6) is -1.34. The second-order valence-corrected chi connectivity index (χ2v) is 8.69. The molecular weight excluding hydrogens is 356 g/mol. The second kappa shape index (κ2) is 6.51. The molecule has 1 aromatic heterocycles. The third-order valence-corrected chi connectivity index (χ3v) is 6.48. The Labute approximate surface area is 151 Å². The van der Waals surface area contributed by atoms with Crippen molar-refractivity contribution in [3.05, 3.63) is 52.4 Å². The lowest BCUT2D eigenvalue weighted by atomic mass is 9.97. The van der Waals surface area contributed by atoms with Crippen molar-refractivity contribution in [2.75, 3.05) is 0 Å². The number of benzene rings is 1. The molecule has 1 heterocycles. The van der Waals surface area contributed by atoms with Crippen molar-refractivity contribution in [1.82, 2.24) is 9.88 Å². The van der Waals surface area contributed by atoms with Crippen LogP contribution in [0.15, 0.2) is 28.8 Å². The second-order valence-electron chi connectivity index (χ2n) is 6.94. The quantitative estimate of drug-likeness (QED) is 0.826. The summed E-state index contributed by atoms with van der Waals surface area (Å²) in [6, 6.07) is 6.47. The molecule has 0 unspecified atom stereocenters. The minimum atomic E-state index is -3.77. The first-order chi connectivity index (χ1) is 12.4. The lowest BCUT2D eigenvalue weighted by Crippen LogP contribution is -2.35. The van der Waals surface area contributed by atoms with Crippen LogP contribution in [0.25, 0.3) is 0 Å². The Hall–Kier alpha value is -2.19. The molecule has 2 aromatic rings. The molecule has 26 heavy (non-hydrogen) atoms. The van der Waals surface area contributed by atoms with Crippen LogP contribution >= 0.6 is 0 Å². The van der Waals surface area contributed by atoms with E-state index in [1.807, 2.05) is 12.1 Å². The topological polar surface area (TPSA) is 110 Å². The fourth-order valence-corrected chi connectivity index (χ4v) is 5.30. The molecule has 0 aliphatic heterocycles. The van der Waals surface area contributed by atoms with Gasteiger partial charge in [-0.2, -0.15) is 0 Å². The van der Waals surface area contributed by atoms with E-state index in [9.17, 15) is 18.3 Å². The van der Waals surface area contributed by atoms with Crippen LogP contribution in [0.5, 0.6) is 0 Å². The Kier molecular flexibility index (Phi) is 4.32. The number of carboxylic acid groups (broad SMARTS) is 1. The zero-order valence-electron chi connectivity index (χ0n) is 14.1. The highest BCUT2D eigenvalue weighted by Crippen LogP contribution is 2.37. The molecule has 138 valence electrons. The average molecular weight is 376 g/mol. The first-order valence-corrected chi connectivity index (χ1v) is 10.4. The number of carbonyl (C=O) groups is 1. The summed E-state index contributed by atoms with van der Waals surface area (Å²) in [6.45, 7) is 0. The SMILES string of the molecule is O=C(O)[C@@H]1Cc2ccccc2[C@@H]1NS(=O)(=O)Cc1noc2c1CCCC2. The van der Waals surface area contributed by atoms with Gasteiger partial charge in [-0.1, -0.05) is 29.4 Å². The van der Waals surface area contributed by atoms with Crippen molar-refractivity contribution < 1.29 is 22.8 Å². The maximum Gasteiger partial charge on any atom is 0.308 e. The molecular formula is C18H20N2O5S. The fraction of sp³-hybridized carbons (Fsp3) is 0.444. The van der Waals surface area contributed by atoms with Crippen LogP contribution in [-0.2, 0) is 39.8 Å². The number of nitrogens with one attached hydrogen (secondary N) is 1. The average Bonchev–Trinajstić information content (AvgIpc) is 3.17. The van der Waals surface area contributed by atoms with Gasteiger partial charge in [0.1, 0.15) is 17.2 Å². The third-order valence-electron chi connectivity index (χ3n) is 5.21. The summed E-state index contributed by atoms with van der Waals surface area (Å²) in [6.07, 6.45) is 3.89. The van der Waals surface area contributed by atoms with Crippen molar-refractivity contribution in [2.45, 2.75) is 43.9 Å². The number of hydrogen-bond acceptors (Lipinski definition) is 5. The monoisotopic (exact) mass is 376 g/mol. The van der Waals surface area contributed by atoms with Gasteiger partial charge in [-0.25, -0.2) is 13.1 Å². The van der Waals surface area contributed by atoms with Gasteiger partial charge in [-0.05, 0) is 36.8 Å². The molecule has 4 rings (SSSR count). The molecule has 8 heteroatoms. The number of aromatic nitrogens is 1. The summed E-state index contributed by atoms with van der Waals surface area (Å²) in [5, 5.41) is 13.5. The van der Waals surface area contributed by atoms with Crippen molar-refractivity contribution in [1.29, 1.82) is 0 Å². The minimum absolute atomic E-state index is 0.295. The van der Waals surface area contributed by atoms with E-state index in [1.54, 1.807) is 12.1 Å². The van der Waals surface area contributed by atoms with Crippen LogP contribution in [0.1, 0.15) is 47.0 Å². The zero-order valence-corrected chi connectivity index (χ0v) is 15.0. The zero-order chi connectivity index (χ0) is 18.3. The number of aliphatic carboxylic acids is 1. The highest BCUT2D eigenvalue weighted by Gasteiger charge is 2.39. The molecule has 0 spiro atoms. The van der Waals surface area contributed by atoms with Gasteiger partial charge in [0.25, 0.3) is 0 Å². The molecule has 0 saturated carbocycles. The van der Waals surface area contributed by atoms with Crippen molar-refractivity contribution in [3.63, 3.8) is 0 Å². The van der Waals surface area contributed by atoms with E-state index in [2.05, 4.69) is 9.88 Å². The van der Waals surface area contributed by atoms with E-state index >= 15 is 0 Å². The Bertz CT molecular complexity index is 950. The van der Waals surface area contributed by atoms with Gasteiger partial charge in [0, 0.05) is 12.0 Å². The van der Waals surface area contributed by atoms with E-state index in [0.717, 1.165) is 48.1 Å². The maximum atomic E-state index is 12.7. The molecule has 2 aliphatic carbocycles. The van der Waals surface area contributed by atoms with E-state index in [0.29, 0.717) is 12.1 Å². The van der Waals surface area contributed by atoms with Crippen molar-refractivity contribution >= 4 is 16.0 Å². The molecule has 7 nitrogen and oxygen atoms in total.